The summed E-state index contributed by atoms with van der Waals surface area (Å²) in [5, 5.41) is 1.01. The molecule has 3 aromatic rings. The molecule has 1 fully saturated rings. The first-order valence-corrected chi connectivity index (χ1v) is 12.0. The third-order valence-electron chi connectivity index (χ3n) is 6.48. The monoisotopic (exact) mass is 445 g/mol. The fourth-order valence-corrected chi connectivity index (χ4v) is 4.76. The van der Waals surface area contributed by atoms with Gasteiger partial charge in [0.2, 0.25) is 0 Å². The molecule has 0 radical (unpaired) electrons. The van der Waals surface area contributed by atoms with Crippen molar-refractivity contribution in [2.75, 3.05) is 33.3 Å². The van der Waals surface area contributed by atoms with Crippen LogP contribution in [0.1, 0.15) is 42.6 Å². The number of carbonyl (C=O) groups is 1. The van der Waals surface area contributed by atoms with Gasteiger partial charge in [0.15, 0.2) is 0 Å². The highest BCUT2D eigenvalue weighted by Gasteiger charge is 2.25. The second-order valence-electron chi connectivity index (χ2n) is 9.55. The number of rotatable bonds is 8. The molecule has 0 bridgehead atoms. The number of carbonyl (C=O) groups excluding carboxylic acids is 1. The van der Waals surface area contributed by atoms with Crippen LogP contribution >= 0.6 is 0 Å². The fraction of sp³-hybridized carbons (Fsp3) is 0.429. The minimum absolute atomic E-state index is 0.0957. The van der Waals surface area contributed by atoms with Crippen LogP contribution in [0.2, 0.25) is 0 Å². The molecule has 0 saturated carbocycles. The second kappa shape index (κ2) is 10.8. The molecule has 1 amide bonds. The van der Waals surface area contributed by atoms with Gasteiger partial charge in [-0.15, -0.1) is 0 Å². The molecule has 5 heteroatoms. The molecule has 0 N–H and O–H groups in total. The maximum atomic E-state index is 13.4. The minimum atomic E-state index is 0.0957. The predicted octanol–water partition coefficient (Wildman–Crippen LogP) is 5.25. The van der Waals surface area contributed by atoms with Crippen molar-refractivity contribution in [3.63, 3.8) is 0 Å². The van der Waals surface area contributed by atoms with E-state index >= 15 is 0 Å². The van der Waals surface area contributed by atoms with E-state index in [2.05, 4.69) is 40.8 Å². The predicted molar refractivity (Wildman–Crippen MR) is 133 cm³/mol. The molecule has 1 aromatic heterocycles. The molecule has 2 heterocycles. The number of pyridine rings is 1. The molecule has 1 aliphatic rings. The van der Waals surface area contributed by atoms with Crippen molar-refractivity contribution in [3.05, 3.63) is 71.9 Å². The molecule has 1 saturated heterocycles. The number of nitrogens with zero attached hydrogens (tertiary/aromatic N) is 3. The van der Waals surface area contributed by atoms with E-state index in [1.807, 2.05) is 42.5 Å². The van der Waals surface area contributed by atoms with Crippen molar-refractivity contribution in [1.29, 1.82) is 0 Å². The summed E-state index contributed by atoms with van der Waals surface area (Å²) >= 11 is 0. The summed E-state index contributed by atoms with van der Waals surface area (Å²) in [6.07, 6.45) is 3.94. The first kappa shape index (κ1) is 23.2. The van der Waals surface area contributed by atoms with Crippen LogP contribution in [0, 0.1) is 11.8 Å². The quantitative estimate of drug-likeness (QED) is 0.475. The number of fused-ring (bicyclic) bond motifs is 1. The van der Waals surface area contributed by atoms with Crippen LogP contribution in [-0.2, 0) is 6.54 Å². The van der Waals surface area contributed by atoms with Crippen molar-refractivity contribution in [1.82, 2.24) is 14.8 Å². The SMILES string of the molecule is COc1ccccc1CN1CCC(CN(CC(C)C)C(=O)c2cnc3ccccc3c2)CC1. The van der Waals surface area contributed by atoms with Crippen LogP contribution in [-0.4, -0.2) is 54.0 Å². The lowest BCUT2D eigenvalue weighted by atomic mass is 9.95. The van der Waals surface area contributed by atoms with E-state index in [9.17, 15) is 4.79 Å². The topological polar surface area (TPSA) is 45.7 Å². The maximum Gasteiger partial charge on any atom is 0.255 e. The Morgan fingerprint density at radius 3 is 2.61 bits per heavy atom. The first-order valence-electron chi connectivity index (χ1n) is 12.0. The molecule has 1 aliphatic heterocycles. The molecule has 0 spiro atoms. The molecule has 5 nitrogen and oxygen atoms in total. The number of para-hydroxylation sites is 2. The molecule has 174 valence electrons. The Hall–Kier alpha value is -2.92. The number of likely N-dealkylation sites (tertiary alicyclic amines) is 1. The molecule has 33 heavy (non-hydrogen) atoms. The van der Waals surface area contributed by atoms with Gasteiger partial charge in [-0.1, -0.05) is 50.2 Å². The minimum Gasteiger partial charge on any atom is -0.496 e. The van der Waals surface area contributed by atoms with E-state index in [0.717, 1.165) is 62.2 Å². The van der Waals surface area contributed by atoms with Gasteiger partial charge in [-0.25, -0.2) is 0 Å². The Balaban J connectivity index is 1.39. The summed E-state index contributed by atoms with van der Waals surface area (Å²) in [6.45, 7) is 8.94. The molecular formula is C28H35N3O2. The van der Waals surface area contributed by atoms with Gasteiger partial charge < -0.3 is 9.64 Å². The van der Waals surface area contributed by atoms with Crippen molar-refractivity contribution >= 4 is 16.8 Å². The lowest BCUT2D eigenvalue weighted by molar-refractivity contribution is 0.0663. The molecule has 2 aromatic carbocycles. The highest BCUT2D eigenvalue weighted by molar-refractivity contribution is 5.97. The zero-order valence-corrected chi connectivity index (χ0v) is 20.0. The van der Waals surface area contributed by atoms with Gasteiger partial charge in [0, 0.05) is 36.8 Å². The summed E-state index contributed by atoms with van der Waals surface area (Å²) in [5.74, 6) is 2.00. The standard InChI is InChI=1S/C28H35N3O2/c1-21(2)18-31(28(32)25-16-23-8-4-6-10-26(23)29-17-25)19-22-12-14-30(15-13-22)20-24-9-5-7-11-27(24)33-3/h4-11,16-17,21-22H,12-15,18-20H2,1-3H3. The van der Waals surface area contributed by atoms with E-state index in [1.54, 1.807) is 13.3 Å². The van der Waals surface area contributed by atoms with Crippen LogP contribution in [0.4, 0.5) is 0 Å². The number of hydrogen-bond acceptors (Lipinski definition) is 4. The fourth-order valence-electron chi connectivity index (χ4n) is 4.76. The van der Waals surface area contributed by atoms with Crippen LogP contribution in [0.25, 0.3) is 10.9 Å². The van der Waals surface area contributed by atoms with E-state index in [1.165, 1.54) is 5.56 Å². The van der Waals surface area contributed by atoms with E-state index in [0.29, 0.717) is 17.4 Å². The Labute approximate surface area is 197 Å². The number of hydrogen-bond donors (Lipinski definition) is 0. The summed E-state index contributed by atoms with van der Waals surface area (Å²) in [6, 6.07) is 18.2. The number of ether oxygens (including phenoxy) is 1. The van der Waals surface area contributed by atoms with Crippen LogP contribution in [0.15, 0.2) is 60.8 Å². The third-order valence-corrected chi connectivity index (χ3v) is 6.48. The van der Waals surface area contributed by atoms with Crippen LogP contribution in [0.3, 0.4) is 0 Å². The molecule has 0 unspecified atom stereocenters. The number of piperidine rings is 1. The molecular weight excluding hydrogens is 410 g/mol. The smallest absolute Gasteiger partial charge is 0.255 e. The zero-order valence-electron chi connectivity index (χ0n) is 20.0. The van der Waals surface area contributed by atoms with Crippen molar-refractivity contribution < 1.29 is 9.53 Å². The van der Waals surface area contributed by atoms with Gasteiger partial charge in [0.25, 0.3) is 5.91 Å². The average Bonchev–Trinajstić information content (AvgIpc) is 2.84. The van der Waals surface area contributed by atoms with Gasteiger partial charge in [0.1, 0.15) is 5.75 Å². The maximum absolute atomic E-state index is 13.4. The summed E-state index contributed by atoms with van der Waals surface area (Å²) in [7, 11) is 1.73. The highest BCUT2D eigenvalue weighted by atomic mass is 16.5. The van der Waals surface area contributed by atoms with Gasteiger partial charge >= 0.3 is 0 Å². The third kappa shape index (κ3) is 5.91. The lowest BCUT2D eigenvalue weighted by Gasteiger charge is -2.35. The average molecular weight is 446 g/mol. The highest BCUT2D eigenvalue weighted by Crippen LogP contribution is 2.25. The second-order valence-corrected chi connectivity index (χ2v) is 9.55. The van der Waals surface area contributed by atoms with Gasteiger partial charge in [-0.2, -0.15) is 0 Å². The van der Waals surface area contributed by atoms with Crippen molar-refractivity contribution in [2.45, 2.75) is 33.2 Å². The molecule has 0 aliphatic carbocycles. The van der Waals surface area contributed by atoms with Crippen molar-refractivity contribution in [3.8, 4) is 5.75 Å². The van der Waals surface area contributed by atoms with Crippen molar-refractivity contribution in [2.24, 2.45) is 11.8 Å². The number of methoxy groups -OCH3 is 1. The number of benzene rings is 2. The Morgan fingerprint density at radius 2 is 1.85 bits per heavy atom. The van der Waals surface area contributed by atoms with Crippen LogP contribution in [0.5, 0.6) is 5.75 Å². The number of aromatic nitrogens is 1. The number of amides is 1. The van der Waals surface area contributed by atoms with E-state index in [4.69, 9.17) is 4.74 Å². The Morgan fingerprint density at radius 1 is 1.12 bits per heavy atom. The Kier molecular flexibility index (Phi) is 7.61. The first-order chi connectivity index (χ1) is 16.0. The normalized spacial score (nSPS) is 15.2. The van der Waals surface area contributed by atoms with Crippen LogP contribution < -0.4 is 4.74 Å². The largest absolute Gasteiger partial charge is 0.496 e. The summed E-state index contributed by atoms with van der Waals surface area (Å²) < 4.78 is 5.52. The van der Waals surface area contributed by atoms with E-state index < -0.39 is 0 Å². The van der Waals surface area contributed by atoms with Gasteiger partial charge in [0.05, 0.1) is 18.2 Å². The van der Waals surface area contributed by atoms with Gasteiger partial charge in [-0.3, -0.25) is 14.7 Å². The van der Waals surface area contributed by atoms with Gasteiger partial charge in [-0.05, 0) is 56.0 Å². The molecule has 0 atom stereocenters. The van der Waals surface area contributed by atoms with E-state index in [-0.39, 0.29) is 5.91 Å². The lowest BCUT2D eigenvalue weighted by Crippen LogP contribution is -2.42. The Bertz CT molecular complexity index is 1070. The summed E-state index contributed by atoms with van der Waals surface area (Å²) in [5.41, 5.74) is 2.84. The zero-order chi connectivity index (χ0) is 23.2. The molecule has 4 rings (SSSR count). The summed E-state index contributed by atoms with van der Waals surface area (Å²) in [4.78, 5) is 22.5.